The Balaban J connectivity index is 1.50. The second-order valence-electron chi connectivity index (χ2n) is 10.6. The van der Waals surface area contributed by atoms with Crippen molar-refractivity contribution >= 4 is 27.7 Å². The minimum atomic E-state index is -4.24. The summed E-state index contributed by atoms with van der Waals surface area (Å²) in [4.78, 5) is 42.5. The zero-order chi connectivity index (χ0) is 30.6. The van der Waals surface area contributed by atoms with E-state index in [1.54, 1.807) is 30.3 Å². The molecule has 1 fully saturated rings. The van der Waals surface area contributed by atoms with Gasteiger partial charge in [-0.05, 0) is 67.1 Å². The average Bonchev–Trinajstić information content (AvgIpc) is 3.60. The van der Waals surface area contributed by atoms with E-state index in [2.05, 4.69) is 5.32 Å². The van der Waals surface area contributed by atoms with E-state index in [1.807, 2.05) is 31.2 Å². The van der Waals surface area contributed by atoms with E-state index in [0.717, 1.165) is 24.0 Å². The lowest BCUT2D eigenvalue weighted by molar-refractivity contribution is -0.141. The Morgan fingerprint density at radius 1 is 1.09 bits per heavy atom. The highest BCUT2D eigenvalue weighted by molar-refractivity contribution is 7.90. The van der Waals surface area contributed by atoms with Crippen LogP contribution < -0.4 is 10.1 Å². The number of carbonyl (C=O) groups is 3. The second kappa shape index (κ2) is 13.0. The van der Waals surface area contributed by atoms with Gasteiger partial charge in [0.1, 0.15) is 23.2 Å². The lowest BCUT2D eigenvalue weighted by Crippen LogP contribution is -2.49. The maximum Gasteiger partial charge on any atom is 0.269 e. The van der Waals surface area contributed by atoms with Crippen molar-refractivity contribution in [1.82, 2.24) is 14.5 Å². The highest BCUT2D eigenvalue weighted by Gasteiger charge is 2.43. The number of nitrogens with one attached hydrogen (secondary N) is 1. The summed E-state index contributed by atoms with van der Waals surface area (Å²) >= 11 is 0. The van der Waals surface area contributed by atoms with Crippen LogP contribution in [0.5, 0.6) is 5.75 Å². The Labute approximate surface area is 251 Å². The van der Waals surface area contributed by atoms with Crippen molar-refractivity contribution in [2.45, 2.75) is 43.2 Å². The summed E-state index contributed by atoms with van der Waals surface area (Å²) in [5, 5.41) is 2.94. The van der Waals surface area contributed by atoms with Crippen LogP contribution in [0.15, 0.2) is 77.7 Å². The number of hydrogen-bond acceptors (Lipinski definition) is 7. The Bertz CT molecular complexity index is 1620. The van der Waals surface area contributed by atoms with Crippen LogP contribution in [0.2, 0.25) is 0 Å². The van der Waals surface area contributed by atoms with Crippen LogP contribution >= 0.6 is 0 Å². The Hall–Kier alpha value is -4.22. The molecular formula is C32H35N3O7S. The fourth-order valence-corrected chi connectivity index (χ4v) is 7.05. The molecular weight excluding hydrogens is 570 g/mol. The molecule has 0 unspecified atom stereocenters. The number of aryl methyl sites for hydroxylation is 1. The molecule has 43 heavy (non-hydrogen) atoms. The first kappa shape index (κ1) is 30.2. The van der Waals surface area contributed by atoms with Crippen molar-refractivity contribution in [3.05, 3.63) is 95.1 Å². The molecule has 3 aromatic rings. The molecule has 0 bridgehead atoms. The standard InChI is InChI=1S/C32H35N3O7S/c1-22-9-3-4-10-23(22)16-17-34(29(36)21-35-32(38)27-14-5-6-15-28(27)43(35,39)40)30(24-11-7-12-25(19-24)41-2)31(37)33-20-26-13-8-18-42-26/h3-7,9-12,14-15,19,26,30H,8,13,16-18,20-21H2,1-2H3,(H,33,37)/t26-,30-/m1/s1. The van der Waals surface area contributed by atoms with Crippen LogP contribution in [-0.2, 0) is 30.8 Å². The van der Waals surface area contributed by atoms with Gasteiger partial charge >= 0.3 is 0 Å². The van der Waals surface area contributed by atoms with E-state index >= 15 is 0 Å². The van der Waals surface area contributed by atoms with Crippen molar-refractivity contribution in [3.8, 4) is 5.75 Å². The van der Waals surface area contributed by atoms with E-state index in [-0.39, 0.29) is 29.7 Å². The van der Waals surface area contributed by atoms with Gasteiger partial charge in [-0.25, -0.2) is 12.7 Å². The predicted molar refractivity (Wildman–Crippen MR) is 159 cm³/mol. The van der Waals surface area contributed by atoms with Gasteiger partial charge in [0, 0.05) is 19.7 Å². The number of nitrogens with zero attached hydrogens (tertiary/aromatic N) is 2. The molecule has 0 aliphatic carbocycles. The third kappa shape index (κ3) is 6.42. The molecule has 2 aliphatic rings. The van der Waals surface area contributed by atoms with Crippen molar-refractivity contribution < 1.29 is 32.3 Å². The molecule has 2 aliphatic heterocycles. The number of rotatable bonds is 11. The number of hydrogen-bond donors (Lipinski definition) is 1. The zero-order valence-electron chi connectivity index (χ0n) is 24.2. The number of benzene rings is 3. The van der Waals surface area contributed by atoms with Crippen LogP contribution in [-0.4, -0.2) is 74.8 Å². The first-order valence-electron chi connectivity index (χ1n) is 14.2. The fourth-order valence-electron chi connectivity index (χ4n) is 5.53. The van der Waals surface area contributed by atoms with Crippen LogP contribution in [0.4, 0.5) is 0 Å². The molecule has 2 heterocycles. The largest absolute Gasteiger partial charge is 0.497 e. The number of sulfonamides is 1. The molecule has 1 saturated heterocycles. The lowest BCUT2D eigenvalue weighted by Gasteiger charge is -2.33. The predicted octanol–water partition coefficient (Wildman–Crippen LogP) is 3.26. The summed E-state index contributed by atoms with van der Waals surface area (Å²) in [6.07, 6.45) is 1.99. The van der Waals surface area contributed by atoms with E-state index < -0.39 is 40.3 Å². The van der Waals surface area contributed by atoms with E-state index in [0.29, 0.717) is 28.6 Å². The Morgan fingerprint density at radius 2 is 1.86 bits per heavy atom. The van der Waals surface area contributed by atoms with Gasteiger partial charge in [0.15, 0.2) is 0 Å². The van der Waals surface area contributed by atoms with Crippen molar-refractivity contribution in [1.29, 1.82) is 0 Å². The summed E-state index contributed by atoms with van der Waals surface area (Å²) in [6, 6.07) is 19.3. The SMILES string of the molecule is COc1cccc([C@H](C(=O)NC[C@H]2CCCO2)N(CCc2ccccc2C)C(=O)CN2C(=O)c3ccccc3S2(=O)=O)c1. The molecule has 0 saturated carbocycles. The summed E-state index contributed by atoms with van der Waals surface area (Å²) in [5.74, 6) is -1.41. The van der Waals surface area contributed by atoms with E-state index in [1.165, 1.54) is 30.2 Å². The van der Waals surface area contributed by atoms with Crippen LogP contribution in [0.25, 0.3) is 0 Å². The lowest BCUT2D eigenvalue weighted by atomic mass is 10.0. The number of fused-ring (bicyclic) bond motifs is 1. The molecule has 5 rings (SSSR count). The minimum absolute atomic E-state index is 0.0143. The molecule has 0 aromatic heterocycles. The number of methoxy groups -OCH3 is 1. The van der Waals surface area contributed by atoms with Crippen molar-refractivity contribution in [2.75, 3.05) is 33.4 Å². The maximum atomic E-state index is 14.2. The van der Waals surface area contributed by atoms with Gasteiger partial charge in [0.2, 0.25) is 11.8 Å². The summed E-state index contributed by atoms with van der Waals surface area (Å²) in [7, 11) is -2.73. The van der Waals surface area contributed by atoms with Gasteiger partial charge in [0.05, 0.1) is 18.8 Å². The minimum Gasteiger partial charge on any atom is -0.497 e. The molecule has 2 atom stereocenters. The second-order valence-corrected chi connectivity index (χ2v) is 12.5. The van der Waals surface area contributed by atoms with Gasteiger partial charge in [-0.2, -0.15) is 0 Å². The van der Waals surface area contributed by atoms with Gasteiger partial charge in [0.25, 0.3) is 15.9 Å². The normalized spacial score (nSPS) is 17.8. The summed E-state index contributed by atoms with van der Waals surface area (Å²) in [5.41, 5.74) is 2.49. The highest BCUT2D eigenvalue weighted by atomic mass is 32.2. The van der Waals surface area contributed by atoms with Crippen molar-refractivity contribution in [3.63, 3.8) is 0 Å². The summed E-state index contributed by atoms with van der Waals surface area (Å²) in [6.45, 7) is 2.20. The molecule has 0 radical (unpaired) electrons. The van der Waals surface area contributed by atoms with Gasteiger partial charge < -0.3 is 19.7 Å². The van der Waals surface area contributed by atoms with Gasteiger partial charge in [-0.1, -0.05) is 48.5 Å². The van der Waals surface area contributed by atoms with Crippen LogP contribution in [0.3, 0.4) is 0 Å². The Kier molecular flexibility index (Phi) is 9.12. The van der Waals surface area contributed by atoms with Gasteiger partial charge in [-0.3, -0.25) is 14.4 Å². The third-order valence-electron chi connectivity index (χ3n) is 7.89. The first-order chi connectivity index (χ1) is 20.7. The fraction of sp³-hybridized carbons (Fsp3) is 0.344. The van der Waals surface area contributed by atoms with Crippen molar-refractivity contribution in [2.24, 2.45) is 0 Å². The molecule has 226 valence electrons. The third-order valence-corrected chi connectivity index (χ3v) is 9.68. The first-order valence-corrected chi connectivity index (χ1v) is 15.7. The van der Waals surface area contributed by atoms with Crippen LogP contribution in [0.1, 0.15) is 45.9 Å². The number of carbonyl (C=O) groups excluding carboxylic acids is 3. The molecule has 11 heteroatoms. The van der Waals surface area contributed by atoms with E-state index in [4.69, 9.17) is 9.47 Å². The molecule has 3 aromatic carbocycles. The van der Waals surface area contributed by atoms with E-state index in [9.17, 15) is 22.8 Å². The quantitative estimate of drug-likeness (QED) is 0.356. The number of ether oxygens (including phenoxy) is 2. The van der Waals surface area contributed by atoms with Crippen LogP contribution in [0, 0.1) is 6.92 Å². The average molecular weight is 606 g/mol. The maximum absolute atomic E-state index is 14.2. The molecule has 3 amide bonds. The highest BCUT2D eigenvalue weighted by Crippen LogP contribution is 2.31. The molecule has 10 nitrogen and oxygen atoms in total. The topological polar surface area (TPSA) is 122 Å². The number of amides is 3. The Morgan fingerprint density at radius 3 is 2.58 bits per heavy atom. The smallest absolute Gasteiger partial charge is 0.269 e. The zero-order valence-corrected chi connectivity index (χ0v) is 25.0. The monoisotopic (exact) mass is 605 g/mol. The van der Waals surface area contributed by atoms with Gasteiger partial charge in [-0.15, -0.1) is 0 Å². The molecule has 0 spiro atoms. The molecule has 1 N–H and O–H groups in total. The summed E-state index contributed by atoms with van der Waals surface area (Å²) < 4.78 is 38.3.